The van der Waals surface area contributed by atoms with Gasteiger partial charge in [0.05, 0.1) is 18.3 Å². The number of rotatable bonds is 5. The Hall–Kier alpha value is -1.69. The molecule has 25 heavy (non-hydrogen) atoms. The highest BCUT2D eigenvalue weighted by molar-refractivity contribution is 7.89. The molecule has 1 aliphatic rings. The quantitative estimate of drug-likeness (QED) is 0.737. The second-order valence-electron chi connectivity index (χ2n) is 5.69. The maximum Gasteiger partial charge on any atom is 0.323 e. The highest BCUT2D eigenvalue weighted by atomic mass is 32.2. The van der Waals surface area contributed by atoms with Crippen molar-refractivity contribution < 1.29 is 31.5 Å². The zero-order chi connectivity index (χ0) is 19.0. The van der Waals surface area contributed by atoms with E-state index in [1.54, 1.807) is 0 Å². The number of carboxylic acids is 1. The highest BCUT2D eigenvalue weighted by Crippen LogP contribution is 2.27. The molecule has 2 rings (SSSR count). The molecule has 140 valence electrons. The number of aliphatic carboxylic acids is 1. The molecule has 1 fully saturated rings. The first-order valence-corrected chi connectivity index (χ1v) is 10.6. The lowest BCUT2D eigenvalue weighted by Gasteiger charge is -2.42. The van der Waals surface area contributed by atoms with Crippen LogP contribution in [0.15, 0.2) is 29.2 Å². The molecule has 0 unspecified atom stereocenters. The van der Waals surface area contributed by atoms with Crippen LogP contribution < -0.4 is 4.74 Å². The minimum absolute atomic E-state index is 0.0837. The van der Waals surface area contributed by atoms with Crippen molar-refractivity contribution in [2.45, 2.75) is 23.9 Å². The van der Waals surface area contributed by atoms with Crippen LogP contribution in [0.5, 0.6) is 5.75 Å². The van der Waals surface area contributed by atoms with E-state index >= 15 is 0 Å². The fourth-order valence-corrected chi connectivity index (χ4v) is 5.66. The van der Waals surface area contributed by atoms with Gasteiger partial charge in [-0.15, -0.1) is 0 Å². The molecule has 1 aliphatic heterocycles. The molecule has 0 saturated carbocycles. The summed E-state index contributed by atoms with van der Waals surface area (Å²) in [5, 5.41) is 9.51. The van der Waals surface area contributed by atoms with Crippen molar-refractivity contribution in [3.63, 3.8) is 0 Å². The van der Waals surface area contributed by atoms with Crippen LogP contribution in [0.1, 0.15) is 6.92 Å². The van der Waals surface area contributed by atoms with E-state index in [1.165, 1.54) is 38.3 Å². The number of ether oxygens (including phenoxy) is 1. The summed E-state index contributed by atoms with van der Waals surface area (Å²) >= 11 is 0. The maximum absolute atomic E-state index is 12.9. The van der Waals surface area contributed by atoms with E-state index in [4.69, 9.17) is 4.74 Å². The average Bonchev–Trinajstić information content (AvgIpc) is 2.52. The molecule has 1 aromatic rings. The number of carbonyl (C=O) groups is 1. The Kier molecular flexibility index (Phi) is 5.42. The van der Waals surface area contributed by atoms with Gasteiger partial charge in [0, 0.05) is 19.1 Å². The van der Waals surface area contributed by atoms with E-state index in [1.807, 2.05) is 0 Å². The third-order valence-electron chi connectivity index (χ3n) is 4.11. The van der Waals surface area contributed by atoms with E-state index < -0.39 is 38.1 Å². The highest BCUT2D eigenvalue weighted by Gasteiger charge is 2.47. The first kappa shape index (κ1) is 19.6. The molecule has 0 radical (unpaired) electrons. The van der Waals surface area contributed by atoms with Gasteiger partial charge in [-0.25, -0.2) is 16.8 Å². The van der Waals surface area contributed by atoms with Gasteiger partial charge < -0.3 is 9.84 Å². The van der Waals surface area contributed by atoms with Crippen molar-refractivity contribution in [3.8, 4) is 5.75 Å². The molecular weight excluding hydrogens is 372 g/mol. The predicted molar refractivity (Wildman–Crippen MR) is 89.3 cm³/mol. The van der Waals surface area contributed by atoms with Crippen LogP contribution in [-0.2, 0) is 24.8 Å². The summed E-state index contributed by atoms with van der Waals surface area (Å²) in [6, 6.07) is 3.00. The number of benzene rings is 1. The zero-order valence-corrected chi connectivity index (χ0v) is 15.6. The summed E-state index contributed by atoms with van der Waals surface area (Å²) in [5.41, 5.74) is 0. The van der Waals surface area contributed by atoms with Gasteiger partial charge in [-0.05, 0) is 31.2 Å². The van der Waals surface area contributed by atoms with Gasteiger partial charge in [-0.1, -0.05) is 0 Å². The van der Waals surface area contributed by atoms with Crippen molar-refractivity contribution in [2.24, 2.45) is 0 Å². The summed E-state index contributed by atoms with van der Waals surface area (Å²) in [5.74, 6) is -0.943. The van der Waals surface area contributed by atoms with Crippen LogP contribution in [0.2, 0.25) is 0 Å². The number of methoxy groups -OCH3 is 1. The first-order valence-electron chi connectivity index (χ1n) is 7.35. The van der Waals surface area contributed by atoms with Crippen molar-refractivity contribution in [1.29, 1.82) is 0 Å². The van der Waals surface area contributed by atoms with Crippen LogP contribution >= 0.6 is 0 Å². The van der Waals surface area contributed by atoms with E-state index in [0.29, 0.717) is 5.75 Å². The molecular formula is C14H20N2O7S2. The molecule has 1 saturated heterocycles. The molecule has 0 aromatic heterocycles. The predicted octanol–water partition coefficient (Wildman–Crippen LogP) is -0.197. The molecule has 1 heterocycles. The molecule has 2 atom stereocenters. The van der Waals surface area contributed by atoms with Crippen LogP contribution in [-0.4, -0.2) is 75.1 Å². The number of piperazine rings is 1. The topological polar surface area (TPSA) is 121 Å². The van der Waals surface area contributed by atoms with E-state index in [0.717, 1.165) is 14.9 Å². The Morgan fingerprint density at radius 3 is 2.08 bits per heavy atom. The monoisotopic (exact) mass is 392 g/mol. The standard InChI is InChI=1S/C14H20N2O7S2/c1-10-13(14(17)18)16(9-8-15(10)24(3,19)20)25(21,22)12-6-4-11(23-2)5-7-12/h4-7,10,13H,8-9H2,1-3H3,(H,17,18)/t10-,13+/m0/s1. The van der Waals surface area contributed by atoms with Gasteiger partial charge in [-0.3, -0.25) is 4.79 Å². The second-order valence-corrected chi connectivity index (χ2v) is 9.51. The molecule has 1 N–H and O–H groups in total. The van der Waals surface area contributed by atoms with Gasteiger partial charge in [-0.2, -0.15) is 8.61 Å². The van der Waals surface area contributed by atoms with Crippen LogP contribution in [0.3, 0.4) is 0 Å². The third kappa shape index (κ3) is 3.78. The third-order valence-corrected chi connectivity index (χ3v) is 7.37. The number of sulfonamides is 2. The molecule has 9 nitrogen and oxygen atoms in total. The first-order chi connectivity index (χ1) is 11.5. The Morgan fingerprint density at radius 1 is 1.12 bits per heavy atom. The SMILES string of the molecule is COc1ccc(S(=O)(=O)N2CCN(S(C)(=O)=O)[C@@H](C)[C@@H]2C(=O)O)cc1. The van der Waals surface area contributed by atoms with Crippen LogP contribution in [0.25, 0.3) is 0 Å². The van der Waals surface area contributed by atoms with Crippen molar-refractivity contribution in [1.82, 2.24) is 8.61 Å². The normalized spacial score (nSPS) is 23.3. The summed E-state index contributed by atoms with van der Waals surface area (Å²) in [7, 11) is -6.32. The van der Waals surface area contributed by atoms with Gasteiger partial charge >= 0.3 is 5.97 Å². The van der Waals surface area contributed by atoms with Gasteiger partial charge in [0.1, 0.15) is 11.8 Å². The largest absolute Gasteiger partial charge is 0.497 e. The minimum Gasteiger partial charge on any atom is -0.497 e. The lowest BCUT2D eigenvalue weighted by molar-refractivity contribution is -0.144. The summed E-state index contributed by atoms with van der Waals surface area (Å²) < 4.78 is 56.2. The maximum atomic E-state index is 12.9. The fraction of sp³-hybridized carbons (Fsp3) is 0.500. The summed E-state index contributed by atoms with van der Waals surface area (Å²) in [4.78, 5) is 11.6. The van der Waals surface area contributed by atoms with E-state index in [2.05, 4.69) is 0 Å². The van der Waals surface area contributed by atoms with Crippen molar-refractivity contribution >= 4 is 26.0 Å². The zero-order valence-electron chi connectivity index (χ0n) is 14.0. The van der Waals surface area contributed by atoms with Gasteiger partial charge in [0.2, 0.25) is 20.0 Å². The number of nitrogens with zero attached hydrogens (tertiary/aromatic N) is 2. The lowest BCUT2D eigenvalue weighted by Crippen LogP contribution is -2.63. The molecule has 1 aromatic carbocycles. The molecule has 11 heteroatoms. The Morgan fingerprint density at radius 2 is 1.64 bits per heavy atom. The average molecular weight is 392 g/mol. The number of hydrogen-bond acceptors (Lipinski definition) is 6. The van der Waals surface area contributed by atoms with Gasteiger partial charge in [0.25, 0.3) is 0 Å². The molecule has 0 amide bonds. The van der Waals surface area contributed by atoms with Crippen LogP contribution in [0.4, 0.5) is 0 Å². The van der Waals surface area contributed by atoms with Gasteiger partial charge in [0.15, 0.2) is 0 Å². The Balaban J connectivity index is 2.44. The van der Waals surface area contributed by atoms with Crippen molar-refractivity contribution in [2.75, 3.05) is 26.5 Å². The number of hydrogen-bond donors (Lipinski definition) is 1. The molecule has 0 bridgehead atoms. The lowest BCUT2D eigenvalue weighted by atomic mass is 10.1. The van der Waals surface area contributed by atoms with E-state index in [-0.39, 0.29) is 18.0 Å². The fourth-order valence-electron chi connectivity index (χ4n) is 2.89. The Labute approximate surface area is 146 Å². The summed E-state index contributed by atoms with van der Waals surface area (Å²) in [6.07, 6.45) is 0.968. The van der Waals surface area contributed by atoms with Crippen molar-refractivity contribution in [3.05, 3.63) is 24.3 Å². The summed E-state index contributed by atoms with van der Waals surface area (Å²) in [6.45, 7) is 1.03. The van der Waals surface area contributed by atoms with Crippen LogP contribution in [0, 0.1) is 0 Å². The minimum atomic E-state index is -4.11. The molecule has 0 aliphatic carbocycles. The smallest absolute Gasteiger partial charge is 0.323 e. The molecule has 0 spiro atoms. The Bertz CT molecular complexity index is 850. The second kappa shape index (κ2) is 6.90. The number of carboxylic acid groups (broad SMARTS) is 1. The van der Waals surface area contributed by atoms with E-state index in [9.17, 15) is 26.7 Å².